The van der Waals surface area contributed by atoms with Crippen molar-refractivity contribution >= 4 is 11.5 Å². The second kappa shape index (κ2) is 6.41. The number of carbonyl (C=O) groups is 1. The number of methoxy groups -OCH3 is 1. The van der Waals surface area contributed by atoms with Gasteiger partial charge in [-0.3, -0.25) is 4.79 Å². The van der Waals surface area contributed by atoms with E-state index in [1.165, 1.54) is 0 Å². The number of hydrogen-bond donors (Lipinski definition) is 1. The van der Waals surface area contributed by atoms with E-state index in [0.29, 0.717) is 5.78 Å². The molecular formula is C16H21NO2. The molecular weight excluding hydrogens is 238 g/mol. The van der Waals surface area contributed by atoms with Gasteiger partial charge < -0.3 is 10.1 Å². The van der Waals surface area contributed by atoms with E-state index in [0.717, 1.165) is 30.7 Å². The monoisotopic (exact) mass is 259 g/mol. The van der Waals surface area contributed by atoms with Crippen molar-refractivity contribution in [3.63, 3.8) is 0 Å². The number of Topliss-reactive ketones (excluding diaryl/α,β-unsaturated/α-hetero) is 1. The molecule has 0 aliphatic heterocycles. The highest BCUT2D eigenvalue weighted by molar-refractivity contribution is 5.85. The van der Waals surface area contributed by atoms with Gasteiger partial charge in [0, 0.05) is 11.8 Å². The quantitative estimate of drug-likeness (QED) is 0.897. The highest BCUT2D eigenvalue weighted by Gasteiger charge is 2.25. The van der Waals surface area contributed by atoms with Crippen LogP contribution in [0.1, 0.15) is 26.2 Å². The van der Waals surface area contributed by atoms with Gasteiger partial charge in [0.25, 0.3) is 0 Å². The number of ether oxygens (including phenoxy) is 1. The van der Waals surface area contributed by atoms with Crippen molar-refractivity contribution in [2.24, 2.45) is 11.8 Å². The molecule has 1 aliphatic rings. The number of allylic oxidation sites excluding steroid dienone is 1. The van der Waals surface area contributed by atoms with Crippen LogP contribution in [-0.2, 0) is 4.79 Å². The average molecular weight is 259 g/mol. The average Bonchev–Trinajstić information content (AvgIpc) is 2.44. The van der Waals surface area contributed by atoms with Crippen molar-refractivity contribution < 1.29 is 9.53 Å². The molecule has 0 amide bonds. The van der Waals surface area contributed by atoms with Crippen molar-refractivity contribution in [3.8, 4) is 5.75 Å². The topological polar surface area (TPSA) is 38.3 Å². The zero-order valence-electron chi connectivity index (χ0n) is 11.6. The Labute approximate surface area is 114 Å². The van der Waals surface area contributed by atoms with Crippen molar-refractivity contribution in [1.29, 1.82) is 0 Å². The molecule has 0 aromatic heterocycles. The van der Waals surface area contributed by atoms with Crippen LogP contribution in [0, 0.1) is 11.8 Å². The molecule has 19 heavy (non-hydrogen) atoms. The van der Waals surface area contributed by atoms with Gasteiger partial charge in [-0.25, -0.2) is 0 Å². The van der Waals surface area contributed by atoms with Gasteiger partial charge in [-0.05, 0) is 31.2 Å². The van der Waals surface area contributed by atoms with Crippen LogP contribution in [0.15, 0.2) is 36.5 Å². The Morgan fingerprint density at radius 3 is 2.89 bits per heavy atom. The summed E-state index contributed by atoms with van der Waals surface area (Å²) < 4.78 is 5.26. The molecule has 0 radical (unpaired) electrons. The Balaban J connectivity index is 1.98. The predicted octanol–water partition coefficient (Wildman–Crippen LogP) is 3.63. The van der Waals surface area contributed by atoms with E-state index in [1.807, 2.05) is 43.5 Å². The molecule has 1 aromatic rings. The van der Waals surface area contributed by atoms with Gasteiger partial charge in [0.15, 0.2) is 0 Å². The van der Waals surface area contributed by atoms with Gasteiger partial charge in [0.2, 0.25) is 0 Å². The summed E-state index contributed by atoms with van der Waals surface area (Å²) in [4.78, 5) is 12.0. The van der Waals surface area contributed by atoms with E-state index in [2.05, 4.69) is 5.32 Å². The van der Waals surface area contributed by atoms with Gasteiger partial charge in [0.05, 0.1) is 12.8 Å². The second-order valence-corrected chi connectivity index (χ2v) is 5.04. The van der Waals surface area contributed by atoms with Crippen LogP contribution in [0.5, 0.6) is 5.75 Å². The minimum absolute atomic E-state index is 0.0611. The standard InChI is InChI=1S/C16H21NO2/c1-12-6-5-7-13(16(12)18)10-11-17-14-8-3-4-9-15(14)19-2/h3-4,8-13,17H,5-7H2,1-2H3/b11-10+. The number of hydrogen-bond acceptors (Lipinski definition) is 3. The first-order valence-corrected chi connectivity index (χ1v) is 6.82. The van der Waals surface area contributed by atoms with Gasteiger partial charge in [0.1, 0.15) is 11.5 Å². The van der Waals surface area contributed by atoms with Gasteiger partial charge in [-0.1, -0.05) is 31.6 Å². The molecule has 0 saturated heterocycles. The molecule has 2 atom stereocenters. The first kappa shape index (κ1) is 13.7. The van der Waals surface area contributed by atoms with E-state index in [9.17, 15) is 4.79 Å². The van der Waals surface area contributed by atoms with Crippen LogP contribution in [0.4, 0.5) is 5.69 Å². The summed E-state index contributed by atoms with van der Waals surface area (Å²) in [6, 6.07) is 7.74. The van der Waals surface area contributed by atoms with Crippen molar-refractivity contribution in [2.45, 2.75) is 26.2 Å². The fraction of sp³-hybridized carbons (Fsp3) is 0.438. The lowest BCUT2D eigenvalue weighted by Crippen LogP contribution is -2.25. The first-order valence-electron chi connectivity index (χ1n) is 6.82. The second-order valence-electron chi connectivity index (χ2n) is 5.04. The summed E-state index contributed by atoms with van der Waals surface area (Å²) in [5.74, 6) is 1.43. The molecule has 1 aliphatic carbocycles. The maximum absolute atomic E-state index is 12.0. The maximum Gasteiger partial charge on any atom is 0.142 e. The summed E-state index contributed by atoms with van der Waals surface area (Å²) in [6.45, 7) is 2.02. The third-order valence-electron chi connectivity index (χ3n) is 3.68. The molecule has 1 fully saturated rings. The fourth-order valence-corrected chi connectivity index (χ4v) is 2.50. The molecule has 1 aromatic carbocycles. The van der Waals surface area contributed by atoms with E-state index in [4.69, 9.17) is 4.74 Å². The molecule has 102 valence electrons. The molecule has 3 nitrogen and oxygen atoms in total. The minimum Gasteiger partial charge on any atom is -0.495 e. The molecule has 2 rings (SSSR count). The highest BCUT2D eigenvalue weighted by Crippen LogP contribution is 2.27. The molecule has 3 heteroatoms. The van der Waals surface area contributed by atoms with Crippen molar-refractivity contribution in [1.82, 2.24) is 0 Å². The number of carbonyl (C=O) groups excluding carboxylic acids is 1. The summed E-state index contributed by atoms with van der Waals surface area (Å²) >= 11 is 0. The third-order valence-corrected chi connectivity index (χ3v) is 3.68. The minimum atomic E-state index is 0.0611. The molecule has 0 spiro atoms. The lowest BCUT2D eigenvalue weighted by atomic mass is 9.81. The number of nitrogens with one attached hydrogen (secondary N) is 1. The normalized spacial score (nSPS) is 23.6. The Morgan fingerprint density at radius 1 is 1.32 bits per heavy atom. The molecule has 2 unspecified atom stereocenters. The third kappa shape index (κ3) is 3.37. The smallest absolute Gasteiger partial charge is 0.142 e. The highest BCUT2D eigenvalue weighted by atomic mass is 16.5. The van der Waals surface area contributed by atoms with E-state index in [-0.39, 0.29) is 11.8 Å². The maximum atomic E-state index is 12.0. The van der Waals surface area contributed by atoms with Crippen LogP contribution in [0.3, 0.4) is 0 Å². The Morgan fingerprint density at radius 2 is 2.11 bits per heavy atom. The SMILES string of the molecule is COc1ccccc1N/C=C/C1CCCC(C)C1=O. The van der Waals surface area contributed by atoms with Gasteiger partial charge in [-0.15, -0.1) is 0 Å². The van der Waals surface area contributed by atoms with Crippen molar-refractivity contribution in [2.75, 3.05) is 12.4 Å². The van der Waals surface area contributed by atoms with E-state index >= 15 is 0 Å². The van der Waals surface area contributed by atoms with Crippen molar-refractivity contribution in [3.05, 3.63) is 36.5 Å². The van der Waals surface area contributed by atoms with Crippen LogP contribution in [0.2, 0.25) is 0 Å². The molecule has 0 bridgehead atoms. The largest absolute Gasteiger partial charge is 0.495 e. The summed E-state index contributed by atoms with van der Waals surface area (Å²) in [6.07, 6.45) is 6.97. The van der Waals surface area contributed by atoms with Crippen LogP contribution < -0.4 is 10.1 Å². The number of rotatable bonds is 4. The predicted molar refractivity (Wildman–Crippen MR) is 77.3 cm³/mol. The summed E-state index contributed by atoms with van der Waals surface area (Å²) in [7, 11) is 1.65. The number of ketones is 1. The zero-order chi connectivity index (χ0) is 13.7. The molecule has 1 N–H and O–H groups in total. The number of para-hydroxylation sites is 2. The van der Waals surface area contributed by atoms with E-state index in [1.54, 1.807) is 7.11 Å². The Hall–Kier alpha value is -1.77. The van der Waals surface area contributed by atoms with Gasteiger partial charge >= 0.3 is 0 Å². The summed E-state index contributed by atoms with van der Waals surface area (Å²) in [5, 5.41) is 3.19. The Bertz CT molecular complexity index is 468. The summed E-state index contributed by atoms with van der Waals surface area (Å²) in [5.41, 5.74) is 0.914. The number of benzene rings is 1. The fourth-order valence-electron chi connectivity index (χ4n) is 2.50. The molecule has 1 saturated carbocycles. The van der Waals surface area contributed by atoms with Crippen LogP contribution in [0.25, 0.3) is 0 Å². The molecule has 0 heterocycles. The Kier molecular flexibility index (Phi) is 4.61. The number of anilines is 1. The zero-order valence-corrected chi connectivity index (χ0v) is 11.6. The van der Waals surface area contributed by atoms with Crippen LogP contribution in [-0.4, -0.2) is 12.9 Å². The first-order chi connectivity index (χ1) is 9.22. The lowest BCUT2D eigenvalue weighted by Gasteiger charge is -2.22. The van der Waals surface area contributed by atoms with Gasteiger partial charge in [-0.2, -0.15) is 0 Å². The van der Waals surface area contributed by atoms with E-state index < -0.39 is 0 Å². The lowest BCUT2D eigenvalue weighted by molar-refractivity contribution is -0.126. The van der Waals surface area contributed by atoms with Crippen LogP contribution >= 0.6 is 0 Å².